The second kappa shape index (κ2) is 5.82. The van der Waals surface area contributed by atoms with Gasteiger partial charge in [0, 0.05) is 12.1 Å². The van der Waals surface area contributed by atoms with Crippen LogP contribution >= 0.6 is 0 Å². The van der Waals surface area contributed by atoms with Crippen molar-refractivity contribution >= 4 is 25.7 Å². The number of nitrogens with zero attached hydrogens (tertiary/aromatic N) is 1. The number of rotatable bonds is 3. The zero-order valence-electron chi connectivity index (χ0n) is 13.0. The number of anilines is 1. The standard InChI is InChI=1S/C14H22N2O4S2/c1-14(2,3)15-22(19,20)13-8-6-12(7-9-13)16-10-4-5-11-21(16,17)18/h6-9,15H,4-5,10-11H2,1-3H3. The molecule has 1 N–H and O–H groups in total. The van der Waals surface area contributed by atoms with Crippen molar-refractivity contribution in [3.05, 3.63) is 24.3 Å². The summed E-state index contributed by atoms with van der Waals surface area (Å²) < 4.78 is 52.5. The SMILES string of the molecule is CC(C)(C)NS(=O)(=O)c1ccc(N2CCCCS2(=O)=O)cc1. The molecule has 0 aromatic heterocycles. The van der Waals surface area contributed by atoms with Crippen molar-refractivity contribution in [1.29, 1.82) is 0 Å². The molecule has 0 saturated carbocycles. The highest BCUT2D eigenvalue weighted by atomic mass is 32.2. The van der Waals surface area contributed by atoms with Crippen LogP contribution in [-0.4, -0.2) is 34.7 Å². The number of hydrogen-bond donors (Lipinski definition) is 1. The van der Waals surface area contributed by atoms with Crippen molar-refractivity contribution in [2.45, 2.75) is 44.0 Å². The van der Waals surface area contributed by atoms with Crippen molar-refractivity contribution in [1.82, 2.24) is 4.72 Å². The molecule has 1 heterocycles. The predicted molar refractivity (Wildman–Crippen MR) is 86.9 cm³/mol. The zero-order chi connectivity index (χ0) is 16.6. The number of sulfonamides is 2. The number of benzene rings is 1. The van der Waals surface area contributed by atoms with E-state index in [1.54, 1.807) is 32.9 Å². The minimum Gasteiger partial charge on any atom is -0.270 e. The Labute approximate surface area is 132 Å². The van der Waals surface area contributed by atoms with Crippen LogP contribution in [0.2, 0.25) is 0 Å². The average molecular weight is 346 g/mol. The molecule has 124 valence electrons. The highest BCUT2D eigenvalue weighted by Gasteiger charge is 2.27. The van der Waals surface area contributed by atoms with Crippen LogP contribution in [0.5, 0.6) is 0 Å². The van der Waals surface area contributed by atoms with E-state index in [0.29, 0.717) is 18.7 Å². The first-order valence-corrected chi connectivity index (χ1v) is 10.2. The minimum absolute atomic E-state index is 0.126. The Morgan fingerprint density at radius 1 is 1.09 bits per heavy atom. The van der Waals surface area contributed by atoms with Crippen LogP contribution in [0.1, 0.15) is 33.6 Å². The summed E-state index contributed by atoms with van der Waals surface area (Å²) in [6.45, 7) is 5.73. The molecule has 8 heteroatoms. The molecule has 1 aromatic rings. The van der Waals surface area contributed by atoms with E-state index in [1.807, 2.05) is 0 Å². The van der Waals surface area contributed by atoms with Crippen LogP contribution in [0.4, 0.5) is 5.69 Å². The van der Waals surface area contributed by atoms with Gasteiger partial charge in [-0.25, -0.2) is 21.6 Å². The normalized spacial score (nSPS) is 19.1. The van der Waals surface area contributed by atoms with E-state index in [4.69, 9.17) is 0 Å². The van der Waals surface area contributed by atoms with E-state index in [1.165, 1.54) is 16.4 Å². The van der Waals surface area contributed by atoms with Gasteiger partial charge in [0.15, 0.2) is 0 Å². The first-order valence-electron chi connectivity index (χ1n) is 7.16. The van der Waals surface area contributed by atoms with E-state index in [0.717, 1.165) is 6.42 Å². The Kier molecular flexibility index (Phi) is 4.56. The Balaban J connectivity index is 2.28. The lowest BCUT2D eigenvalue weighted by Crippen LogP contribution is -2.40. The molecule has 0 amide bonds. The van der Waals surface area contributed by atoms with Gasteiger partial charge < -0.3 is 0 Å². The molecule has 2 rings (SSSR count). The highest BCUT2D eigenvalue weighted by molar-refractivity contribution is 7.92. The van der Waals surface area contributed by atoms with Gasteiger partial charge in [-0.15, -0.1) is 0 Å². The average Bonchev–Trinajstić information content (AvgIpc) is 2.35. The fourth-order valence-electron chi connectivity index (χ4n) is 2.33. The highest BCUT2D eigenvalue weighted by Crippen LogP contribution is 2.25. The Morgan fingerprint density at radius 3 is 2.18 bits per heavy atom. The third kappa shape index (κ3) is 3.99. The van der Waals surface area contributed by atoms with Gasteiger partial charge in [-0.2, -0.15) is 0 Å². The summed E-state index contributed by atoms with van der Waals surface area (Å²) >= 11 is 0. The van der Waals surface area contributed by atoms with Crippen LogP contribution in [-0.2, 0) is 20.0 Å². The molecule has 1 fully saturated rings. The third-order valence-corrected chi connectivity index (χ3v) is 6.87. The maximum atomic E-state index is 12.2. The number of nitrogens with one attached hydrogen (secondary N) is 1. The maximum absolute atomic E-state index is 12.2. The van der Waals surface area contributed by atoms with Crippen molar-refractivity contribution in [2.24, 2.45) is 0 Å². The van der Waals surface area contributed by atoms with Crippen LogP contribution in [0.3, 0.4) is 0 Å². The first-order chi connectivity index (χ1) is 10.0. The molecule has 0 radical (unpaired) electrons. The van der Waals surface area contributed by atoms with Crippen molar-refractivity contribution in [3.63, 3.8) is 0 Å². The van der Waals surface area contributed by atoms with E-state index in [-0.39, 0.29) is 10.6 Å². The first kappa shape index (κ1) is 17.2. The van der Waals surface area contributed by atoms with E-state index >= 15 is 0 Å². The number of hydrogen-bond acceptors (Lipinski definition) is 4. The second-order valence-electron chi connectivity index (χ2n) is 6.44. The summed E-state index contributed by atoms with van der Waals surface area (Å²) in [5.41, 5.74) is -0.0670. The van der Waals surface area contributed by atoms with Crippen LogP contribution < -0.4 is 9.03 Å². The molecule has 0 unspecified atom stereocenters. The zero-order valence-corrected chi connectivity index (χ0v) is 14.7. The quantitative estimate of drug-likeness (QED) is 0.903. The molecule has 0 aliphatic carbocycles. The Bertz CT molecular complexity index is 732. The molecule has 0 atom stereocenters. The van der Waals surface area contributed by atoms with Crippen molar-refractivity contribution in [3.8, 4) is 0 Å². The fraction of sp³-hybridized carbons (Fsp3) is 0.571. The lowest BCUT2D eigenvalue weighted by Gasteiger charge is -2.28. The molecule has 6 nitrogen and oxygen atoms in total. The monoisotopic (exact) mass is 346 g/mol. The molecule has 1 saturated heterocycles. The maximum Gasteiger partial charge on any atom is 0.241 e. The van der Waals surface area contributed by atoms with Gasteiger partial charge in [0.2, 0.25) is 20.0 Å². The molecular formula is C14H22N2O4S2. The molecular weight excluding hydrogens is 324 g/mol. The summed E-state index contributed by atoms with van der Waals surface area (Å²) in [6.07, 6.45) is 1.48. The molecule has 0 bridgehead atoms. The van der Waals surface area contributed by atoms with Gasteiger partial charge in [-0.1, -0.05) is 0 Å². The Morgan fingerprint density at radius 2 is 1.68 bits per heavy atom. The van der Waals surface area contributed by atoms with Gasteiger partial charge >= 0.3 is 0 Å². The van der Waals surface area contributed by atoms with Crippen molar-refractivity contribution < 1.29 is 16.8 Å². The fourth-order valence-corrected chi connectivity index (χ4v) is 5.39. The lowest BCUT2D eigenvalue weighted by molar-refractivity contribution is 0.491. The molecule has 0 spiro atoms. The van der Waals surface area contributed by atoms with Gasteiger partial charge in [-0.05, 0) is 57.9 Å². The Hall–Kier alpha value is -1.12. The molecule has 1 aliphatic heterocycles. The predicted octanol–water partition coefficient (Wildman–Crippen LogP) is 1.69. The second-order valence-corrected chi connectivity index (χ2v) is 10.1. The molecule has 1 aliphatic rings. The van der Waals surface area contributed by atoms with Crippen LogP contribution in [0, 0.1) is 0 Å². The summed E-state index contributed by atoms with van der Waals surface area (Å²) in [6, 6.07) is 5.96. The minimum atomic E-state index is -3.61. The van der Waals surface area contributed by atoms with Crippen molar-refractivity contribution in [2.75, 3.05) is 16.6 Å². The summed E-state index contributed by atoms with van der Waals surface area (Å²) in [4.78, 5) is 0.126. The summed E-state index contributed by atoms with van der Waals surface area (Å²) in [5.74, 6) is 0.138. The summed E-state index contributed by atoms with van der Waals surface area (Å²) in [5, 5.41) is 0. The lowest BCUT2D eigenvalue weighted by atomic mass is 10.1. The third-order valence-electron chi connectivity index (χ3n) is 3.22. The smallest absolute Gasteiger partial charge is 0.241 e. The van der Waals surface area contributed by atoms with Crippen LogP contribution in [0.25, 0.3) is 0 Å². The van der Waals surface area contributed by atoms with Gasteiger partial charge in [0.05, 0.1) is 16.3 Å². The topological polar surface area (TPSA) is 83.6 Å². The molecule has 1 aromatic carbocycles. The van der Waals surface area contributed by atoms with E-state index in [2.05, 4.69) is 4.72 Å². The van der Waals surface area contributed by atoms with Gasteiger partial charge in [-0.3, -0.25) is 4.31 Å². The largest absolute Gasteiger partial charge is 0.270 e. The summed E-state index contributed by atoms with van der Waals surface area (Å²) in [7, 11) is -6.90. The van der Waals surface area contributed by atoms with Gasteiger partial charge in [0.25, 0.3) is 0 Å². The molecule has 22 heavy (non-hydrogen) atoms. The van der Waals surface area contributed by atoms with E-state index < -0.39 is 25.6 Å². The van der Waals surface area contributed by atoms with E-state index in [9.17, 15) is 16.8 Å². The van der Waals surface area contributed by atoms with Gasteiger partial charge in [0.1, 0.15) is 0 Å². The van der Waals surface area contributed by atoms with Crippen LogP contribution in [0.15, 0.2) is 29.2 Å².